The number of hydrogen-bond donors (Lipinski definition) is 1. The highest BCUT2D eigenvalue weighted by atomic mass is 16.5. The molecule has 1 saturated heterocycles. The molecule has 1 unspecified atom stereocenters. The van der Waals surface area contributed by atoms with Gasteiger partial charge in [0.05, 0.1) is 13.3 Å². The predicted molar refractivity (Wildman–Crippen MR) is 125 cm³/mol. The number of aromatic amines is 1. The lowest BCUT2D eigenvalue weighted by atomic mass is 9.92. The summed E-state index contributed by atoms with van der Waals surface area (Å²) in [6.45, 7) is 3.48. The van der Waals surface area contributed by atoms with Gasteiger partial charge in [0.1, 0.15) is 5.75 Å². The minimum absolute atomic E-state index is 0.0881. The van der Waals surface area contributed by atoms with Crippen molar-refractivity contribution in [3.05, 3.63) is 77.6 Å². The number of piperidine rings is 1. The number of carbonyl (C=O) groups is 1. The molecule has 2 aromatic carbocycles. The number of fused-ring (bicyclic) bond motifs is 1. The summed E-state index contributed by atoms with van der Waals surface area (Å²) in [5.74, 6) is 1.13. The summed E-state index contributed by atoms with van der Waals surface area (Å²) < 4.78 is 5.27. The van der Waals surface area contributed by atoms with Crippen molar-refractivity contribution in [2.24, 2.45) is 0 Å². The first kappa shape index (κ1) is 20.2. The summed E-state index contributed by atoms with van der Waals surface area (Å²) in [5.41, 5.74) is 5.72. The second-order valence-corrected chi connectivity index (χ2v) is 8.34. The van der Waals surface area contributed by atoms with Crippen molar-refractivity contribution in [2.75, 3.05) is 20.2 Å². The molecule has 3 heterocycles. The van der Waals surface area contributed by atoms with Gasteiger partial charge in [0.15, 0.2) is 5.65 Å². The van der Waals surface area contributed by atoms with Crippen molar-refractivity contribution in [1.82, 2.24) is 20.1 Å². The fourth-order valence-electron chi connectivity index (χ4n) is 4.59. The zero-order chi connectivity index (χ0) is 22.1. The van der Waals surface area contributed by atoms with Gasteiger partial charge in [0.2, 0.25) is 0 Å². The number of nitrogens with zero attached hydrogens (tertiary/aromatic N) is 3. The van der Waals surface area contributed by atoms with Crippen molar-refractivity contribution >= 4 is 16.9 Å². The molecular formula is C26H26N4O2. The molecule has 1 atom stereocenters. The van der Waals surface area contributed by atoms with Gasteiger partial charge in [-0.25, -0.2) is 4.98 Å². The van der Waals surface area contributed by atoms with Gasteiger partial charge < -0.3 is 9.64 Å². The molecule has 32 heavy (non-hydrogen) atoms. The molecule has 1 aliphatic rings. The fourth-order valence-corrected chi connectivity index (χ4v) is 4.59. The Balaban J connectivity index is 1.39. The molecule has 1 amide bonds. The van der Waals surface area contributed by atoms with Crippen LogP contribution in [0.25, 0.3) is 22.2 Å². The molecule has 6 nitrogen and oxygen atoms in total. The van der Waals surface area contributed by atoms with Crippen LogP contribution in [-0.2, 0) is 0 Å². The van der Waals surface area contributed by atoms with Gasteiger partial charge in [-0.2, -0.15) is 5.10 Å². The molecule has 0 bridgehead atoms. The van der Waals surface area contributed by atoms with Gasteiger partial charge in [-0.3, -0.25) is 9.89 Å². The average Bonchev–Trinajstić information content (AvgIpc) is 3.32. The average molecular weight is 427 g/mol. The number of methoxy groups -OCH3 is 1. The Labute approximate surface area is 187 Å². The standard InChI is InChI=1S/C26H26N4O2/c1-17-22(18-8-11-21(32-2)12-9-18)6-3-7-23(17)26(31)30-14-4-5-20(16-30)24-13-10-19-15-27-29-25(19)28-24/h3,6-13,15,20H,4-5,14,16H2,1-2H3,(H,27,28,29). The van der Waals surface area contributed by atoms with Gasteiger partial charge in [-0.1, -0.05) is 24.3 Å². The van der Waals surface area contributed by atoms with E-state index in [-0.39, 0.29) is 11.8 Å². The molecule has 0 aliphatic carbocycles. The highest BCUT2D eigenvalue weighted by Gasteiger charge is 2.27. The van der Waals surface area contributed by atoms with Crippen molar-refractivity contribution in [2.45, 2.75) is 25.7 Å². The smallest absolute Gasteiger partial charge is 0.254 e. The first-order valence-electron chi connectivity index (χ1n) is 11.0. The van der Waals surface area contributed by atoms with Crippen molar-refractivity contribution < 1.29 is 9.53 Å². The number of rotatable bonds is 4. The number of nitrogens with one attached hydrogen (secondary N) is 1. The zero-order valence-corrected chi connectivity index (χ0v) is 18.3. The largest absolute Gasteiger partial charge is 0.497 e. The molecule has 5 rings (SSSR count). The van der Waals surface area contributed by atoms with Crippen molar-refractivity contribution in [3.8, 4) is 16.9 Å². The number of ether oxygens (including phenoxy) is 1. The third-order valence-electron chi connectivity index (χ3n) is 6.41. The van der Waals surface area contributed by atoms with Gasteiger partial charge >= 0.3 is 0 Å². The van der Waals surface area contributed by atoms with Crippen LogP contribution >= 0.6 is 0 Å². The molecule has 0 radical (unpaired) electrons. The third-order valence-corrected chi connectivity index (χ3v) is 6.41. The maximum Gasteiger partial charge on any atom is 0.254 e. The number of aromatic nitrogens is 3. The number of amides is 1. The molecule has 162 valence electrons. The lowest BCUT2D eigenvalue weighted by Gasteiger charge is -2.33. The predicted octanol–water partition coefficient (Wildman–Crippen LogP) is 4.96. The van der Waals surface area contributed by atoms with Crippen LogP contribution in [0.15, 0.2) is 60.8 Å². The summed E-state index contributed by atoms with van der Waals surface area (Å²) in [6.07, 6.45) is 3.78. The monoisotopic (exact) mass is 426 g/mol. The van der Waals surface area contributed by atoms with Crippen LogP contribution < -0.4 is 4.74 Å². The molecule has 6 heteroatoms. The quantitative estimate of drug-likeness (QED) is 0.501. The van der Waals surface area contributed by atoms with E-state index in [1.807, 2.05) is 54.3 Å². The molecule has 4 aromatic rings. The third kappa shape index (κ3) is 3.73. The van der Waals surface area contributed by atoms with Gasteiger partial charge in [0.25, 0.3) is 5.91 Å². The Kier molecular flexibility index (Phi) is 5.35. The molecule has 0 spiro atoms. The Morgan fingerprint density at radius 3 is 2.78 bits per heavy atom. The number of carbonyl (C=O) groups excluding carboxylic acids is 1. The molecule has 2 aromatic heterocycles. The van der Waals surface area contributed by atoms with Crippen LogP contribution in [0.5, 0.6) is 5.75 Å². The minimum Gasteiger partial charge on any atom is -0.497 e. The van der Waals surface area contributed by atoms with E-state index in [9.17, 15) is 4.79 Å². The maximum absolute atomic E-state index is 13.5. The Hall–Kier alpha value is -3.67. The Bertz CT molecular complexity index is 1260. The van der Waals surface area contributed by atoms with E-state index in [1.54, 1.807) is 13.3 Å². The first-order valence-corrected chi connectivity index (χ1v) is 11.0. The lowest BCUT2D eigenvalue weighted by Crippen LogP contribution is -2.39. The summed E-state index contributed by atoms with van der Waals surface area (Å²) in [7, 11) is 1.66. The van der Waals surface area contributed by atoms with E-state index in [2.05, 4.69) is 22.3 Å². The normalized spacial score (nSPS) is 16.3. The minimum atomic E-state index is 0.0881. The number of pyridine rings is 1. The molecule has 1 aliphatic heterocycles. The van der Waals surface area contributed by atoms with Crippen LogP contribution in [0.1, 0.15) is 40.4 Å². The SMILES string of the molecule is COc1ccc(-c2cccc(C(=O)N3CCCC(c4ccc5cn[nH]c5n4)C3)c2C)cc1. The molecule has 1 fully saturated rings. The van der Waals surface area contributed by atoms with Crippen LogP contribution in [0.2, 0.25) is 0 Å². The molecular weight excluding hydrogens is 400 g/mol. The number of hydrogen-bond acceptors (Lipinski definition) is 4. The zero-order valence-electron chi connectivity index (χ0n) is 18.3. The van der Waals surface area contributed by atoms with Crippen molar-refractivity contribution in [3.63, 3.8) is 0 Å². The van der Waals surface area contributed by atoms with Gasteiger partial charge in [-0.05, 0) is 66.8 Å². The second kappa shape index (κ2) is 8.46. The summed E-state index contributed by atoms with van der Waals surface area (Å²) >= 11 is 0. The van der Waals surface area contributed by atoms with E-state index in [4.69, 9.17) is 9.72 Å². The maximum atomic E-state index is 13.5. The van der Waals surface area contributed by atoms with Crippen LogP contribution in [0.4, 0.5) is 0 Å². The Morgan fingerprint density at radius 2 is 1.97 bits per heavy atom. The first-order chi connectivity index (χ1) is 15.6. The van der Waals surface area contributed by atoms with Crippen molar-refractivity contribution in [1.29, 1.82) is 0 Å². The highest BCUT2D eigenvalue weighted by molar-refractivity contribution is 5.97. The Morgan fingerprint density at radius 1 is 1.12 bits per heavy atom. The van der Waals surface area contributed by atoms with Gasteiger partial charge in [0, 0.05) is 35.7 Å². The van der Waals surface area contributed by atoms with E-state index >= 15 is 0 Å². The van der Waals surface area contributed by atoms with Crippen LogP contribution in [-0.4, -0.2) is 46.2 Å². The number of H-pyrrole nitrogens is 1. The summed E-state index contributed by atoms with van der Waals surface area (Å²) in [5, 5.41) is 8.01. The van der Waals surface area contributed by atoms with Gasteiger partial charge in [-0.15, -0.1) is 0 Å². The highest BCUT2D eigenvalue weighted by Crippen LogP contribution is 2.31. The van der Waals surface area contributed by atoms with Crippen LogP contribution in [0, 0.1) is 6.92 Å². The van der Waals surface area contributed by atoms with E-state index in [0.717, 1.165) is 64.1 Å². The topological polar surface area (TPSA) is 71.1 Å². The van der Waals surface area contributed by atoms with Crippen LogP contribution in [0.3, 0.4) is 0 Å². The number of likely N-dealkylation sites (tertiary alicyclic amines) is 1. The summed E-state index contributed by atoms with van der Waals surface area (Å²) in [4.78, 5) is 20.2. The lowest BCUT2D eigenvalue weighted by molar-refractivity contribution is 0.0705. The van der Waals surface area contributed by atoms with E-state index < -0.39 is 0 Å². The summed E-state index contributed by atoms with van der Waals surface area (Å²) in [6, 6.07) is 18.0. The fraction of sp³-hybridized carbons (Fsp3) is 0.269. The van der Waals surface area contributed by atoms with E-state index in [1.165, 1.54) is 0 Å². The van der Waals surface area contributed by atoms with E-state index in [0.29, 0.717) is 6.54 Å². The number of benzene rings is 2. The molecule has 1 N–H and O–H groups in total. The second-order valence-electron chi connectivity index (χ2n) is 8.34. The molecule has 0 saturated carbocycles.